The molecule has 0 saturated heterocycles. The van der Waals surface area contributed by atoms with Gasteiger partial charge in [0.2, 0.25) is 0 Å². The summed E-state index contributed by atoms with van der Waals surface area (Å²) in [5.41, 5.74) is 0.845. The molecule has 4 rings (SSSR count). The predicted molar refractivity (Wildman–Crippen MR) is 140 cm³/mol. The summed E-state index contributed by atoms with van der Waals surface area (Å²) in [5.74, 6) is 1.89. The van der Waals surface area contributed by atoms with Gasteiger partial charge in [0.05, 0.1) is 7.92 Å². The molecule has 1 N–H and O–H groups in total. The summed E-state index contributed by atoms with van der Waals surface area (Å²) in [6.07, 6.45) is 0. The molecular formula is C27H28NiOP2. The molecule has 4 aromatic rings. The third kappa shape index (κ3) is 8.08. The monoisotopic (exact) mass is 488 g/mol. The molecule has 0 saturated carbocycles. The van der Waals surface area contributed by atoms with Gasteiger partial charge in [0.25, 0.3) is 0 Å². The second kappa shape index (κ2) is 14.7. The zero-order chi connectivity index (χ0) is 20.3. The Kier molecular flexibility index (Phi) is 12.7. The molecular weight excluding hydrogens is 461 g/mol. The average molecular weight is 489 g/mol. The minimum Gasteiger partial charge on any atom is -0.507 e. The van der Waals surface area contributed by atoms with Crippen LogP contribution < -0.4 is 15.9 Å². The molecule has 0 spiro atoms. The van der Waals surface area contributed by atoms with Gasteiger partial charge in [0.1, 0.15) is 21.7 Å². The number of benzene rings is 4. The van der Waals surface area contributed by atoms with Crippen LogP contribution in [0.4, 0.5) is 0 Å². The van der Waals surface area contributed by atoms with Crippen LogP contribution in [0.2, 0.25) is 0 Å². The van der Waals surface area contributed by atoms with Gasteiger partial charge in [0, 0.05) is 22.1 Å². The Hall–Kier alpha value is -2.23. The standard InChI is InChI=1S/C18H15P.C8H9OP.CH3.Ni/c1-4-10-16(11-5-1)19(17-12-6-2-7-13-17)18-14-8-3-9-15-18;9-8(6-10)7-4-2-1-3-5-7;;/h1-15H;1-6,9H,10H2;1H3;/q;;-1;/p+1/b;8-6-;;. The summed E-state index contributed by atoms with van der Waals surface area (Å²) in [5, 5.41) is 13.5. The summed E-state index contributed by atoms with van der Waals surface area (Å²) < 4.78 is 0. The van der Waals surface area contributed by atoms with E-state index in [0.29, 0.717) is 5.76 Å². The van der Waals surface area contributed by atoms with Crippen molar-refractivity contribution >= 4 is 38.8 Å². The van der Waals surface area contributed by atoms with Crippen molar-refractivity contribution in [2.75, 3.05) is 0 Å². The van der Waals surface area contributed by atoms with Crippen LogP contribution in [0.1, 0.15) is 5.56 Å². The van der Waals surface area contributed by atoms with Crippen LogP contribution in [0.5, 0.6) is 0 Å². The van der Waals surface area contributed by atoms with Gasteiger partial charge in [0.15, 0.2) is 0 Å². The minimum atomic E-state index is -0.877. The summed E-state index contributed by atoms with van der Waals surface area (Å²) >= 11 is 0. The molecule has 0 aromatic heterocycles. The van der Waals surface area contributed by atoms with E-state index in [4.69, 9.17) is 5.11 Å². The Morgan fingerprint density at radius 3 is 1.16 bits per heavy atom. The molecule has 4 heteroatoms. The van der Waals surface area contributed by atoms with E-state index in [1.807, 2.05) is 30.3 Å². The van der Waals surface area contributed by atoms with Crippen LogP contribution in [0.15, 0.2) is 127 Å². The van der Waals surface area contributed by atoms with Crippen molar-refractivity contribution in [3.8, 4) is 0 Å². The number of hydrogen-bond acceptors (Lipinski definition) is 1. The van der Waals surface area contributed by atoms with Crippen molar-refractivity contribution < 1.29 is 21.6 Å². The largest absolute Gasteiger partial charge is 0.507 e. The van der Waals surface area contributed by atoms with Crippen LogP contribution in [-0.4, -0.2) is 5.11 Å². The fraction of sp³-hybridized carbons (Fsp3) is 0. The number of aliphatic hydroxyl groups is 1. The average Bonchev–Trinajstić information content (AvgIpc) is 2.82. The smallest absolute Gasteiger partial charge is 0.122 e. The normalized spacial score (nSPS) is 10.2. The zero-order valence-corrected chi connectivity index (χ0v) is 20.6. The molecule has 0 heterocycles. The predicted octanol–water partition coefficient (Wildman–Crippen LogP) is 6.04. The van der Waals surface area contributed by atoms with E-state index in [1.54, 1.807) is 5.82 Å². The van der Waals surface area contributed by atoms with Gasteiger partial charge in [-0.1, -0.05) is 84.9 Å². The van der Waals surface area contributed by atoms with E-state index >= 15 is 0 Å². The van der Waals surface area contributed by atoms with Crippen molar-refractivity contribution in [2.45, 2.75) is 0 Å². The molecule has 0 aliphatic heterocycles. The van der Waals surface area contributed by atoms with E-state index in [9.17, 15) is 0 Å². The van der Waals surface area contributed by atoms with Crippen LogP contribution in [-0.2, 0) is 16.5 Å². The van der Waals surface area contributed by atoms with E-state index in [1.165, 1.54) is 15.9 Å². The van der Waals surface area contributed by atoms with Crippen molar-refractivity contribution in [1.29, 1.82) is 0 Å². The Balaban J connectivity index is 0.000000345. The summed E-state index contributed by atoms with van der Waals surface area (Å²) in [6, 6.07) is 41.9. The topological polar surface area (TPSA) is 20.2 Å². The van der Waals surface area contributed by atoms with Crippen LogP contribution in [0, 0.1) is 7.43 Å². The summed E-state index contributed by atoms with van der Waals surface area (Å²) in [4.78, 5) is 0. The third-order valence-corrected chi connectivity index (χ3v) is 7.46. The van der Waals surface area contributed by atoms with Gasteiger partial charge in [-0.05, 0) is 42.2 Å². The molecule has 31 heavy (non-hydrogen) atoms. The van der Waals surface area contributed by atoms with Gasteiger partial charge in [-0.3, -0.25) is 0 Å². The first-order valence-corrected chi connectivity index (χ1v) is 11.7. The molecule has 0 radical (unpaired) electrons. The Bertz CT molecular complexity index is 914. The van der Waals surface area contributed by atoms with Crippen LogP contribution in [0.3, 0.4) is 0 Å². The first kappa shape index (κ1) is 26.8. The van der Waals surface area contributed by atoms with E-state index in [2.05, 4.69) is 100 Å². The molecule has 1 atom stereocenters. The number of rotatable bonds is 4. The van der Waals surface area contributed by atoms with Gasteiger partial charge >= 0.3 is 0 Å². The van der Waals surface area contributed by atoms with Crippen molar-refractivity contribution in [3.63, 3.8) is 0 Å². The van der Waals surface area contributed by atoms with Gasteiger partial charge in [-0.15, -0.1) is 9.24 Å². The maximum atomic E-state index is 9.17. The molecule has 1 unspecified atom stereocenters. The molecule has 0 bridgehead atoms. The zero-order valence-electron chi connectivity index (χ0n) is 17.5. The SMILES string of the molecule is O/C(=C\P)c1ccccc1.[CH3-].[Ni].c1ccc([PH+](c2ccccc2)c2ccccc2)cc1. The molecule has 4 aromatic carbocycles. The maximum absolute atomic E-state index is 9.17. The fourth-order valence-electron chi connectivity index (χ4n) is 3.02. The van der Waals surface area contributed by atoms with Gasteiger partial charge in [-0.2, -0.15) is 0 Å². The van der Waals surface area contributed by atoms with E-state index in [0.717, 1.165) is 5.56 Å². The molecule has 162 valence electrons. The second-order valence-corrected chi connectivity index (χ2v) is 9.21. The van der Waals surface area contributed by atoms with Crippen LogP contribution in [0.25, 0.3) is 5.76 Å². The summed E-state index contributed by atoms with van der Waals surface area (Å²) in [6.45, 7) is 0. The van der Waals surface area contributed by atoms with E-state index in [-0.39, 0.29) is 23.9 Å². The Morgan fingerprint density at radius 1 is 0.581 bits per heavy atom. The van der Waals surface area contributed by atoms with Gasteiger partial charge < -0.3 is 12.5 Å². The maximum Gasteiger partial charge on any atom is 0.122 e. The number of hydrogen-bond donors (Lipinski definition) is 1. The molecule has 1 nitrogen and oxygen atoms in total. The minimum absolute atomic E-state index is 0. The van der Waals surface area contributed by atoms with Crippen molar-refractivity contribution in [3.05, 3.63) is 140 Å². The Morgan fingerprint density at radius 2 is 0.871 bits per heavy atom. The van der Waals surface area contributed by atoms with Crippen molar-refractivity contribution in [1.82, 2.24) is 0 Å². The van der Waals surface area contributed by atoms with Crippen LogP contribution >= 0.6 is 17.2 Å². The fourth-order valence-corrected chi connectivity index (χ4v) is 5.79. The Labute approximate surface area is 200 Å². The third-order valence-electron chi connectivity index (χ3n) is 4.41. The second-order valence-electron chi connectivity index (χ2n) is 6.39. The molecule has 0 aliphatic rings. The first-order chi connectivity index (χ1) is 14.3. The quantitative estimate of drug-likeness (QED) is 0.160. The van der Waals surface area contributed by atoms with E-state index < -0.39 is 7.92 Å². The number of aliphatic hydroxyl groups excluding tert-OH is 1. The van der Waals surface area contributed by atoms with Gasteiger partial charge in [-0.25, -0.2) is 0 Å². The molecule has 0 fully saturated rings. The summed E-state index contributed by atoms with van der Waals surface area (Å²) in [7, 11) is 1.48. The van der Waals surface area contributed by atoms with Crippen molar-refractivity contribution in [2.24, 2.45) is 0 Å². The molecule has 0 amide bonds. The first-order valence-electron chi connectivity index (χ1n) is 9.49. The molecule has 0 aliphatic carbocycles.